The van der Waals surface area contributed by atoms with Gasteiger partial charge in [0.15, 0.2) is 5.16 Å². The van der Waals surface area contributed by atoms with Gasteiger partial charge in [-0.05, 0) is 43.3 Å². The molecule has 0 radical (unpaired) electrons. The quantitative estimate of drug-likeness (QED) is 0.282. The van der Waals surface area contributed by atoms with E-state index in [0.717, 1.165) is 11.4 Å². The predicted molar refractivity (Wildman–Crippen MR) is 131 cm³/mol. The van der Waals surface area contributed by atoms with Gasteiger partial charge in [-0.15, -0.1) is 0 Å². The highest BCUT2D eigenvalue weighted by Crippen LogP contribution is 2.21. The van der Waals surface area contributed by atoms with Gasteiger partial charge in [0, 0.05) is 6.07 Å². The van der Waals surface area contributed by atoms with Crippen LogP contribution in [0.15, 0.2) is 93.4 Å². The van der Waals surface area contributed by atoms with E-state index in [1.807, 2.05) is 49.4 Å². The molecule has 1 N–H and O–H groups in total. The molecule has 9 heteroatoms. The van der Waals surface area contributed by atoms with E-state index in [9.17, 15) is 9.59 Å². The molecular formula is C25H21N5O3S. The third-order valence-electron chi connectivity index (χ3n) is 5.15. The molecule has 0 aliphatic heterocycles. The van der Waals surface area contributed by atoms with Crippen molar-refractivity contribution in [3.63, 3.8) is 0 Å². The second kappa shape index (κ2) is 9.40. The molecule has 0 saturated carbocycles. The zero-order valence-corrected chi connectivity index (χ0v) is 19.2. The zero-order chi connectivity index (χ0) is 23.5. The molecule has 0 fully saturated rings. The molecule has 34 heavy (non-hydrogen) atoms. The maximum absolute atomic E-state index is 13.2. The Morgan fingerprint density at radius 3 is 2.65 bits per heavy atom. The number of carbonyl (C=O) groups excluding carboxylic acids is 1. The second-order valence-electron chi connectivity index (χ2n) is 7.64. The Hall–Kier alpha value is -4.11. The minimum absolute atomic E-state index is 0.0714. The Morgan fingerprint density at radius 1 is 1.06 bits per heavy atom. The molecule has 2 aromatic carbocycles. The van der Waals surface area contributed by atoms with Crippen molar-refractivity contribution in [3.05, 3.63) is 101 Å². The summed E-state index contributed by atoms with van der Waals surface area (Å²) in [5.41, 5.74) is 2.05. The van der Waals surface area contributed by atoms with Gasteiger partial charge in [-0.3, -0.25) is 14.2 Å². The number of hydrogen-bond donors (Lipinski definition) is 1. The van der Waals surface area contributed by atoms with E-state index in [4.69, 9.17) is 4.42 Å². The normalized spacial score (nSPS) is 11.1. The molecule has 0 atom stereocenters. The standard InChI is InChI=1S/C25H21N5O3S/c1-17-14-22(30(28-17)18-8-3-2-4-9-18)27-23(31)16-34-25-26-21-12-6-5-11-20(21)24(32)29(25)15-19-10-7-13-33-19/h2-14H,15-16H2,1H3,(H,27,31). The Morgan fingerprint density at radius 2 is 1.85 bits per heavy atom. The molecule has 1 amide bonds. The lowest BCUT2D eigenvalue weighted by molar-refractivity contribution is -0.113. The van der Waals surface area contributed by atoms with E-state index in [0.29, 0.717) is 27.6 Å². The van der Waals surface area contributed by atoms with Crippen LogP contribution in [-0.4, -0.2) is 31.0 Å². The van der Waals surface area contributed by atoms with Crippen molar-refractivity contribution in [2.75, 3.05) is 11.1 Å². The number of aromatic nitrogens is 4. The van der Waals surface area contributed by atoms with Crippen LogP contribution in [0.25, 0.3) is 16.6 Å². The van der Waals surface area contributed by atoms with Crippen molar-refractivity contribution >= 4 is 34.4 Å². The fourth-order valence-corrected chi connectivity index (χ4v) is 4.42. The average Bonchev–Trinajstić information content (AvgIpc) is 3.50. The number of aryl methyl sites for hydroxylation is 1. The SMILES string of the molecule is Cc1cc(NC(=O)CSc2nc3ccccc3c(=O)n2Cc2ccco2)n(-c2ccccc2)n1. The predicted octanol–water partition coefficient (Wildman–Crippen LogP) is 4.26. The highest BCUT2D eigenvalue weighted by atomic mass is 32.2. The Balaban J connectivity index is 1.39. The van der Waals surface area contributed by atoms with Crippen LogP contribution in [0.1, 0.15) is 11.5 Å². The summed E-state index contributed by atoms with van der Waals surface area (Å²) in [5.74, 6) is 1.05. The van der Waals surface area contributed by atoms with Crippen molar-refractivity contribution < 1.29 is 9.21 Å². The topological polar surface area (TPSA) is 95.0 Å². The smallest absolute Gasteiger partial charge is 0.262 e. The summed E-state index contributed by atoms with van der Waals surface area (Å²) >= 11 is 1.20. The average molecular weight is 472 g/mol. The van der Waals surface area contributed by atoms with E-state index < -0.39 is 0 Å². The van der Waals surface area contributed by atoms with Gasteiger partial charge in [-0.1, -0.05) is 42.1 Å². The van der Waals surface area contributed by atoms with Crippen LogP contribution >= 0.6 is 11.8 Å². The number of carbonyl (C=O) groups is 1. The largest absolute Gasteiger partial charge is 0.467 e. The number of fused-ring (bicyclic) bond motifs is 1. The molecular weight excluding hydrogens is 450 g/mol. The van der Waals surface area contributed by atoms with E-state index in [1.54, 1.807) is 41.3 Å². The Labute approximate surface area is 199 Å². The van der Waals surface area contributed by atoms with Crippen LogP contribution in [-0.2, 0) is 11.3 Å². The van der Waals surface area contributed by atoms with Crippen molar-refractivity contribution in [2.24, 2.45) is 0 Å². The van der Waals surface area contributed by atoms with Crippen molar-refractivity contribution in [2.45, 2.75) is 18.6 Å². The first-order valence-corrected chi connectivity index (χ1v) is 11.6. The summed E-state index contributed by atoms with van der Waals surface area (Å²) in [6, 6.07) is 22.2. The van der Waals surface area contributed by atoms with Crippen LogP contribution in [0.2, 0.25) is 0 Å². The first-order valence-electron chi connectivity index (χ1n) is 10.7. The summed E-state index contributed by atoms with van der Waals surface area (Å²) in [4.78, 5) is 30.7. The third-order valence-corrected chi connectivity index (χ3v) is 6.13. The van der Waals surface area contributed by atoms with Crippen molar-refractivity contribution in [1.29, 1.82) is 0 Å². The fourth-order valence-electron chi connectivity index (χ4n) is 3.62. The molecule has 5 aromatic rings. The van der Waals surface area contributed by atoms with Gasteiger partial charge >= 0.3 is 0 Å². The number of amides is 1. The van der Waals surface area contributed by atoms with E-state index in [-0.39, 0.29) is 23.8 Å². The second-order valence-corrected chi connectivity index (χ2v) is 8.58. The van der Waals surface area contributed by atoms with Crippen molar-refractivity contribution in [3.8, 4) is 5.69 Å². The monoisotopic (exact) mass is 471 g/mol. The summed E-state index contributed by atoms with van der Waals surface area (Å²) in [7, 11) is 0. The molecule has 0 aliphatic rings. The molecule has 3 aromatic heterocycles. The minimum atomic E-state index is -0.228. The summed E-state index contributed by atoms with van der Waals surface area (Å²) < 4.78 is 8.67. The van der Waals surface area contributed by atoms with Gasteiger partial charge in [0.2, 0.25) is 5.91 Å². The van der Waals surface area contributed by atoms with E-state index in [1.165, 1.54) is 16.3 Å². The third kappa shape index (κ3) is 4.51. The first-order chi connectivity index (χ1) is 16.6. The molecule has 170 valence electrons. The highest BCUT2D eigenvalue weighted by molar-refractivity contribution is 7.99. The number of nitrogens with one attached hydrogen (secondary N) is 1. The summed E-state index contributed by atoms with van der Waals surface area (Å²) in [6.45, 7) is 2.10. The maximum atomic E-state index is 13.2. The molecule has 0 bridgehead atoms. The van der Waals surface area contributed by atoms with Gasteiger partial charge in [0.25, 0.3) is 5.56 Å². The Kier molecular flexibility index (Phi) is 6.01. The number of hydrogen-bond acceptors (Lipinski definition) is 6. The number of anilines is 1. The van der Waals surface area contributed by atoms with Gasteiger partial charge in [0.1, 0.15) is 11.6 Å². The van der Waals surface area contributed by atoms with Crippen LogP contribution < -0.4 is 10.9 Å². The lowest BCUT2D eigenvalue weighted by Crippen LogP contribution is -2.25. The molecule has 0 spiro atoms. The van der Waals surface area contributed by atoms with E-state index >= 15 is 0 Å². The zero-order valence-electron chi connectivity index (χ0n) is 18.3. The van der Waals surface area contributed by atoms with Crippen LogP contribution in [0.5, 0.6) is 0 Å². The lowest BCUT2D eigenvalue weighted by Gasteiger charge is -2.12. The van der Waals surface area contributed by atoms with Gasteiger partial charge in [0.05, 0.1) is 40.8 Å². The molecule has 8 nitrogen and oxygen atoms in total. The van der Waals surface area contributed by atoms with E-state index in [2.05, 4.69) is 15.4 Å². The van der Waals surface area contributed by atoms with Crippen LogP contribution in [0, 0.1) is 6.92 Å². The summed E-state index contributed by atoms with van der Waals surface area (Å²) in [6.07, 6.45) is 1.56. The first kappa shape index (κ1) is 21.7. The molecule has 0 aliphatic carbocycles. The fraction of sp³-hybridized carbons (Fsp3) is 0.120. The molecule has 0 unspecified atom stereocenters. The number of rotatable bonds is 7. The Bertz CT molecular complexity index is 1510. The minimum Gasteiger partial charge on any atom is -0.467 e. The number of para-hydroxylation sites is 2. The summed E-state index contributed by atoms with van der Waals surface area (Å²) in [5, 5.41) is 8.37. The van der Waals surface area contributed by atoms with Crippen molar-refractivity contribution in [1.82, 2.24) is 19.3 Å². The lowest BCUT2D eigenvalue weighted by atomic mass is 10.2. The number of nitrogens with zero attached hydrogens (tertiary/aromatic N) is 4. The molecule has 3 heterocycles. The molecule has 5 rings (SSSR count). The van der Waals surface area contributed by atoms with Gasteiger partial charge in [-0.2, -0.15) is 5.10 Å². The van der Waals surface area contributed by atoms with Crippen LogP contribution in [0.3, 0.4) is 0 Å². The van der Waals surface area contributed by atoms with Crippen LogP contribution in [0.4, 0.5) is 5.82 Å². The number of thioether (sulfide) groups is 1. The highest BCUT2D eigenvalue weighted by Gasteiger charge is 2.16. The molecule has 0 saturated heterocycles. The number of furan rings is 1. The van der Waals surface area contributed by atoms with Gasteiger partial charge < -0.3 is 9.73 Å². The maximum Gasteiger partial charge on any atom is 0.262 e. The van der Waals surface area contributed by atoms with Gasteiger partial charge in [-0.25, -0.2) is 9.67 Å². The number of benzene rings is 2.